The maximum atomic E-state index is 5.19. The van der Waals surface area contributed by atoms with E-state index in [0.717, 1.165) is 29.8 Å². The lowest BCUT2D eigenvalue weighted by Gasteiger charge is -2.23. The number of methoxy groups -OCH3 is 1. The fourth-order valence-electron chi connectivity index (χ4n) is 3.12. The maximum Gasteiger partial charge on any atom is 0.132 e. The zero-order valence-electron chi connectivity index (χ0n) is 14.5. The number of anilines is 2. The summed E-state index contributed by atoms with van der Waals surface area (Å²) in [5, 5.41) is 6.95. The van der Waals surface area contributed by atoms with Crippen molar-refractivity contribution >= 4 is 11.6 Å². The van der Waals surface area contributed by atoms with Gasteiger partial charge in [-0.2, -0.15) is 0 Å². The molecule has 1 aliphatic rings. The van der Waals surface area contributed by atoms with Crippen LogP contribution in [-0.2, 0) is 6.54 Å². The van der Waals surface area contributed by atoms with Gasteiger partial charge < -0.3 is 15.4 Å². The van der Waals surface area contributed by atoms with Crippen molar-refractivity contribution in [3.63, 3.8) is 0 Å². The molecule has 5 heteroatoms. The predicted molar refractivity (Wildman–Crippen MR) is 97.6 cm³/mol. The third-order valence-electron chi connectivity index (χ3n) is 4.43. The Balaban J connectivity index is 1.62. The Morgan fingerprint density at radius 3 is 2.46 bits per heavy atom. The van der Waals surface area contributed by atoms with E-state index in [1.807, 2.05) is 25.1 Å². The molecule has 1 aromatic carbocycles. The van der Waals surface area contributed by atoms with E-state index < -0.39 is 0 Å². The van der Waals surface area contributed by atoms with Gasteiger partial charge >= 0.3 is 0 Å². The number of rotatable bonds is 6. The van der Waals surface area contributed by atoms with Crippen molar-refractivity contribution in [2.75, 3.05) is 17.7 Å². The van der Waals surface area contributed by atoms with E-state index >= 15 is 0 Å². The zero-order valence-corrected chi connectivity index (χ0v) is 14.5. The van der Waals surface area contributed by atoms with Crippen molar-refractivity contribution in [3.05, 3.63) is 41.7 Å². The Bertz CT molecular complexity index is 651. The summed E-state index contributed by atoms with van der Waals surface area (Å²) in [4.78, 5) is 9.02. The molecule has 2 aromatic rings. The summed E-state index contributed by atoms with van der Waals surface area (Å²) in [7, 11) is 1.68. The molecule has 24 heavy (non-hydrogen) atoms. The van der Waals surface area contributed by atoms with Gasteiger partial charge in [0.05, 0.1) is 7.11 Å². The van der Waals surface area contributed by atoms with E-state index in [-0.39, 0.29) is 0 Å². The number of nitrogens with zero attached hydrogens (tertiary/aromatic N) is 2. The number of ether oxygens (including phenoxy) is 1. The fraction of sp³-hybridized carbons (Fsp3) is 0.474. The maximum absolute atomic E-state index is 5.19. The Kier molecular flexibility index (Phi) is 5.51. The Hall–Kier alpha value is -2.30. The van der Waals surface area contributed by atoms with E-state index in [9.17, 15) is 0 Å². The predicted octanol–water partition coefficient (Wildman–Crippen LogP) is 4.15. The average Bonchev–Trinajstić information content (AvgIpc) is 2.61. The first-order chi connectivity index (χ1) is 11.7. The lowest BCUT2D eigenvalue weighted by molar-refractivity contribution is 0.414. The van der Waals surface area contributed by atoms with Crippen LogP contribution in [0.3, 0.4) is 0 Å². The summed E-state index contributed by atoms with van der Waals surface area (Å²) in [6.45, 7) is 2.66. The molecule has 0 amide bonds. The van der Waals surface area contributed by atoms with Gasteiger partial charge in [-0.05, 0) is 37.5 Å². The van der Waals surface area contributed by atoms with Gasteiger partial charge in [-0.15, -0.1) is 0 Å². The number of hydrogen-bond acceptors (Lipinski definition) is 5. The highest BCUT2D eigenvalue weighted by molar-refractivity contribution is 5.48. The van der Waals surface area contributed by atoms with Crippen LogP contribution in [0.5, 0.6) is 5.75 Å². The minimum absolute atomic E-state index is 0.544. The van der Waals surface area contributed by atoms with Crippen molar-refractivity contribution in [2.24, 2.45) is 0 Å². The largest absolute Gasteiger partial charge is 0.497 e. The van der Waals surface area contributed by atoms with Crippen molar-refractivity contribution < 1.29 is 4.74 Å². The van der Waals surface area contributed by atoms with Crippen LogP contribution in [0.15, 0.2) is 30.3 Å². The van der Waals surface area contributed by atoms with E-state index in [1.165, 1.54) is 37.7 Å². The SMILES string of the molecule is COc1ccc(CNc2cc(NC3CCCCC3)nc(C)n2)cc1. The Morgan fingerprint density at radius 1 is 1.04 bits per heavy atom. The van der Waals surface area contributed by atoms with Gasteiger partial charge in [-0.3, -0.25) is 0 Å². The second kappa shape index (κ2) is 7.99. The van der Waals surface area contributed by atoms with Crippen molar-refractivity contribution in [1.82, 2.24) is 9.97 Å². The fourth-order valence-corrected chi connectivity index (χ4v) is 3.12. The average molecular weight is 326 g/mol. The molecule has 3 rings (SSSR count). The van der Waals surface area contributed by atoms with E-state index in [2.05, 4.69) is 32.7 Å². The molecular formula is C19H26N4O. The normalized spacial score (nSPS) is 15.1. The summed E-state index contributed by atoms with van der Waals surface area (Å²) in [6.07, 6.45) is 6.44. The van der Waals surface area contributed by atoms with Gasteiger partial charge in [0.15, 0.2) is 0 Å². The van der Waals surface area contributed by atoms with Crippen LogP contribution in [0.2, 0.25) is 0 Å². The standard InChI is InChI=1S/C19H26N4O/c1-14-21-18(20-13-15-8-10-17(24-2)11-9-15)12-19(22-14)23-16-6-4-3-5-7-16/h8-12,16H,3-7,13H2,1-2H3,(H2,20,21,22,23). The van der Waals surface area contributed by atoms with Crippen LogP contribution < -0.4 is 15.4 Å². The van der Waals surface area contributed by atoms with Crippen LogP contribution in [0, 0.1) is 6.92 Å². The lowest BCUT2D eigenvalue weighted by atomic mass is 9.95. The second-order valence-electron chi connectivity index (χ2n) is 6.37. The van der Waals surface area contributed by atoms with Gasteiger partial charge in [0.2, 0.25) is 0 Å². The number of aromatic nitrogens is 2. The molecule has 1 aliphatic carbocycles. The molecule has 0 aliphatic heterocycles. The van der Waals surface area contributed by atoms with E-state index in [0.29, 0.717) is 6.04 Å². The Morgan fingerprint density at radius 2 is 1.75 bits per heavy atom. The van der Waals surface area contributed by atoms with Gasteiger partial charge in [0, 0.05) is 18.7 Å². The highest BCUT2D eigenvalue weighted by Crippen LogP contribution is 2.22. The molecule has 1 saturated carbocycles. The molecule has 0 bridgehead atoms. The van der Waals surface area contributed by atoms with E-state index in [4.69, 9.17) is 4.74 Å². The lowest BCUT2D eigenvalue weighted by Crippen LogP contribution is -2.23. The van der Waals surface area contributed by atoms with Gasteiger partial charge in [-0.1, -0.05) is 31.4 Å². The third kappa shape index (κ3) is 4.60. The van der Waals surface area contributed by atoms with Crippen LogP contribution in [0.4, 0.5) is 11.6 Å². The first-order valence-electron chi connectivity index (χ1n) is 8.72. The number of hydrogen-bond donors (Lipinski definition) is 2. The molecule has 0 atom stereocenters. The smallest absolute Gasteiger partial charge is 0.132 e. The molecule has 1 aromatic heterocycles. The van der Waals surface area contributed by atoms with E-state index in [1.54, 1.807) is 7.11 Å². The van der Waals surface area contributed by atoms with Gasteiger partial charge in [-0.25, -0.2) is 9.97 Å². The second-order valence-corrected chi connectivity index (χ2v) is 6.37. The molecule has 0 unspecified atom stereocenters. The summed E-state index contributed by atoms with van der Waals surface area (Å²) in [5.41, 5.74) is 1.19. The first-order valence-corrected chi connectivity index (χ1v) is 8.72. The topological polar surface area (TPSA) is 59.1 Å². The van der Waals surface area contributed by atoms with Gasteiger partial charge in [0.1, 0.15) is 23.2 Å². The summed E-state index contributed by atoms with van der Waals surface area (Å²) in [6, 6.07) is 10.6. The van der Waals surface area contributed by atoms with Gasteiger partial charge in [0.25, 0.3) is 0 Å². The molecule has 5 nitrogen and oxygen atoms in total. The number of nitrogens with one attached hydrogen (secondary N) is 2. The van der Waals surface area contributed by atoms with Crippen molar-refractivity contribution in [2.45, 2.75) is 51.6 Å². The first kappa shape index (κ1) is 16.6. The van der Waals surface area contributed by atoms with Crippen molar-refractivity contribution in [1.29, 1.82) is 0 Å². The minimum Gasteiger partial charge on any atom is -0.497 e. The summed E-state index contributed by atoms with van der Waals surface area (Å²) in [5.74, 6) is 3.44. The molecule has 1 fully saturated rings. The number of aryl methyl sites for hydroxylation is 1. The van der Waals surface area contributed by atoms with Crippen LogP contribution in [0.1, 0.15) is 43.5 Å². The molecule has 0 saturated heterocycles. The quantitative estimate of drug-likeness (QED) is 0.835. The Labute approximate surface area is 143 Å². The van der Waals surface area contributed by atoms with Crippen LogP contribution >= 0.6 is 0 Å². The molecule has 0 spiro atoms. The molecule has 0 radical (unpaired) electrons. The number of benzene rings is 1. The van der Waals surface area contributed by atoms with Crippen molar-refractivity contribution in [3.8, 4) is 5.75 Å². The van der Waals surface area contributed by atoms with Crippen LogP contribution in [0.25, 0.3) is 0 Å². The molecular weight excluding hydrogens is 300 g/mol. The summed E-state index contributed by atoms with van der Waals surface area (Å²) >= 11 is 0. The highest BCUT2D eigenvalue weighted by atomic mass is 16.5. The molecule has 128 valence electrons. The monoisotopic (exact) mass is 326 g/mol. The minimum atomic E-state index is 0.544. The molecule has 1 heterocycles. The molecule has 2 N–H and O–H groups in total. The summed E-state index contributed by atoms with van der Waals surface area (Å²) < 4.78 is 5.19. The highest BCUT2D eigenvalue weighted by Gasteiger charge is 2.14. The van der Waals surface area contributed by atoms with Crippen LogP contribution in [-0.4, -0.2) is 23.1 Å². The zero-order chi connectivity index (χ0) is 16.8. The third-order valence-corrected chi connectivity index (χ3v) is 4.43.